The molecule has 0 spiro atoms. The van der Waals surface area contributed by atoms with Crippen molar-refractivity contribution in [1.82, 2.24) is 20.0 Å². The number of halogens is 2. The lowest BCUT2D eigenvalue weighted by molar-refractivity contribution is 0.755. The third kappa shape index (κ3) is 5.05. The number of H-pyrrole nitrogens is 1. The zero-order chi connectivity index (χ0) is 22.5. The summed E-state index contributed by atoms with van der Waals surface area (Å²) in [6.45, 7) is 0. The zero-order valence-electron chi connectivity index (χ0n) is 17.1. The number of nitriles is 1. The molecule has 0 fully saturated rings. The summed E-state index contributed by atoms with van der Waals surface area (Å²) in [7, 11) is 1.79. The van der Waals surface area contributed by atoms with Gasteiger partial charge in [-0.05, 0) is 29.8 Å². The van der Waals surface area contributed by atoms with Gasteiger partial charge in [0.25, 0.3) is 0 Å². The quantitative estimate of drug-likeness (QED) is 0.261. The molecule has 32 heavy (non-hydrogen) atoms. The van der Waals surface area contributed by atoms with Gasteiger partial charge >= 0.3 is 0 Å². The summed E-state index contributed by atoms with van der Waals surface area (Å²) in [5.74, 6) is 0.948. The highest BCUT2D eigenvalue weighted by molar-refractivity contribution is 7.98. The summed E-state index contributed by atoms with van der Waals surface area (Å²) in [5.41, 5.74) is 3.56. The van der Waals surface area contributed by atoms with Gasteiger partial charge in [0.05, 0.1) is 17.0 Å². The number of hydrogen-bond donors (Lipinski definition) is 1. The molecule has 1 N–H and O–H groups in total. The normalized spacial score (nSPS) is 11.2. The largest absolute Gasteiger partial charge is 0.279 e. The Bertz CT molecular complexity index is 1300. The number of nitrogens with zero attached hydrogens (tertiary/aromatic N) is 5. The molecule has 0 aliphatic carbocycles. The molecule has 9 heteroatoms. The minimum absolute atomic E-state index is 0.311. The maximum atomic E-state index is 9.69. The molecule has 0 atom stereocenters. The number of thioether (sulfide) groups is 1. The van der Waals surface area contributed by atoms with Crippen LogP contribution in [0.2, 0.25) is 10.2 Å². The molecular weight excluding hydrogens is 463 g/mol. The van der Waals surface area contributed by atoms with Crippen molar-refractivity contribution in [2.75, 3.05) is 0 Å². The summed E-state index contributed by atoms with van der Waals surface area (Å²) < 4.78 is 1.62. The number of aliphatic imine (C=N–C) groups is 1. The number of hydrogen-bond acceptors (Lipinski definition) is 5. The summed E-state index contributed by atoms with van der Waals surface area (Å²) in [5, 5.41) is 22.5. The predicted molar refractivity (Wildman–Crippen MR) is 129 cm³/mol. The van der Waals surface area contributed by atoms with Gasteiger partial charge in [0.2, 0.25) is 0 Å². The van der Waals surface area contributed by atoms with Crippen LogP contribution in [-0.2, 0) is 19.2 Å². The van der Waals surface area contributed by atoms with E-state index in [0.717, 1.165) is 16.2 Å². The van der Waals surface area contributed by atoms with Crippen LogP contribution in [0.1, 0.15) is 28.1 Å². The van der Waals surface area contributed by atoms with Gasteiger partial charge in [-0.25, -0.2) is 4.99 Å². The first kappa shape index (κ1) is 22.2. The van der Waals surface area contributed by atoms with E-state index in [4.69, 9.17) is 23.2 Å². The van der Waals surface area contributed by atoms with Gasteiger partial charge in [0, 0.05) is 35.4 Å². The lowest BCUT2D eigenvalue weighted by Gasteiger charge is -2.00. The number of rotatable bonds is 7. The molecule has 4 aromatic rings. The molecule has 0 radical (unpaired) electrons. The van der Waals surface area contributed by atoms with Crippen molar-refractivity contribution < 1.29 is 0 Å². The minimum Gasteiger partial charge on any atom is -0.279 e. The van der Waals surface area contributed by atoms with E-state index in [-0.39, 0.29) is 0 Å². The number of benzene rings is 2. The molecule has 0 unspecified atom stereocenters. The van der Waals surface area contributed by atoms with Gasteiger partial charge in [-0.2, -0.15) is 15.5 Å². The van der Waals surface area contributed by atoms with Crippen LogP contribution >= 0.6 is 35.0 Å². The molecule has 6 nitrogen and oxygen atoms in total. The molecule has 0 saturated heterocycles. The number of nitrogens with one attached hydrogen (secondary N) is 1. The average molecular weight is 481 g/mol. The number of aromatic amines is 1. The lowest BCUT2D eigenvalue weighted by atomic mass is 10.1. The van der Waals surface area contributed by atoms with E-state index in [1.165, 1.54) is 0 Å². The van der Waals surface area contributed by atoms with Gasteiger partial charge in [0.1, 0.15) is 16.8 Å². The van der Waals surface area contributed by atoms with Crippen molar-refractivity contribution >= 4 is 47.0 Å². The first-order chi connectivity index (χ1) is 15.5. The molecule has 160 valence electrons. The van der Waals surface area contributed by atoms with Gasteiger partial charge in [-0.15, -0.1) is 11.8 Å². The summed E-state index contributed by atoms with van der Waals surface area (Å²) in [6, 6.07) is 19.8. The van der Waals surface area contributed by atoms with Crippen LogP contribution in [0, 0.1) is 11.3 Å². The Balaban J connectivity index is 1.57. The SMILES string of the molecule is Cn1nc(CSc2ccccc2)c(C=Nc2n[nH]c(Cc3cccc(Cl)c3)c2C#N)c1Cl. The average Bonchev–Trinajstić information content (AvgIpc) is 3.31. The standard InChI is InChI=1S/C23H18Cl2N6S/c1-31-22(25)19(21(30-31)14-32-17-8-3-2-4-9-17)13-27-23-18(12-26)20(28-29-23)11-15-6-5-7-16(24)10-15/h2-10,13H,11,14H2,1H3,(H,28,29). The van der Waals surface area contributed by atoms with Crippen LogP contribution in [0.25, 0.3) is 0 Å². The van der Waals surface area contributed by atoms with Crippen molar-refractivity contribution in [2.45, 2.75) is 17.1 Å². The van der Waals surface area contributed by atoms with Crippen molar-refractivity contribution in [1.29, 1.82) is 5.26 Å². The smallest absolute Gasteiger partial charge is 0.191 e. The van der Waals surface area contributed by atoms with Gasteiger partial charge < -0.3 is 0 Å². The topological polar surface area (TPSA) is 82.7 Å². The van der Waals surface area contributed by atoms with Crippen LogP contribution < -0.4 is 0 Å². The highest BCUT2D eigenvalue weighted by atomic mass is 35.5. The van der Waals surface area contributed by atoms with E-state index in [0.29, 0.717) is 45.0 Å². The Morgan fingerprint density at radius 1 is 1.19 bits per heavy atom. The molecule has 2 aromatic carbocycles. The van der Waals surface area contributed by atoms with E-state index in [2.05, 4.69) is 26.4 Å². The molecule has 4 rings (SSSR count). The second-order valence-corrected chi connectivity index (χ2v) is 8.80. The Kier molecular flexibility index (Phi) is 6.96. The second-order valence-electron chi connectivity index (χ2n) is 6.95. The van der Waals surface area contributed by atoms with E-state index in [1.54, 1.807) is 29.7 Å². The minimum atomic E-state index is 0.311. The van der Waals surface area contributed by atoms with Gasteiger partial charge in [-0.3, -0.25) is 9.78 Å². The molecule has 2 aromatic heterocycles. The Morgan fingerprint density at radius 3 is 2.75 bits per heavy atom. The highest BCUT2D eigenvalue weighted by Gasteiger charge is 2.16. The fourth-order valence-electron chi connectivity index (χ4n) is 3.16. The van der Waals surface area contributed by atoms with Crippen molar-refractivity contribution in [3.8, 4) is 6.07 Å². The number of aromatic nitrogens is 4. The fourth-order valence-corrected chi connectivity index (χ4v) is 4.43. The molecule has 0 saturated carbocycles. The highest BCUT2D eigenvalue weighted by Crippen LogP contribution is 2.27. The first-order valence-electron chi connectivity index (χ1n) is 9.70. The predicted octanol–water partition coefficient (Wildman–Crippen LogP) is 5.96. The van der Waals surface area contributed by atoms with Crippen LogP contribution in [0.4, 0.5) is 5.82 Å². The van der Waals surface area contributed by atoms with Crippen LogP contribution in [0.3, 0.4) is 0 Å². The summed E-state index contributed by atoms with van der Waals surface area (Å²) >= 11 is 14.2. The maximum Gasteiger partial charge on any atom is 0.191 e. The van der Waals surface area contributed by atoms with Crippen LogP contribution in [-0.4, -0.2) is 26.2 Å². The van der Waals surface area contributed by atoms with E-state index in [9.17, 15) is 5.26 Å². The van der Waals surface area contributed by atoms with Crippen molar-refractivity contribution in [3.05, 3.63) is 92.9 Å². The fraction of sp³-hybridized carbons (Fsp3) is 0.130. The van der Waals surface area contributed by atoms with Gasteiger partial charge in [0.15, 0.2) is 5.82 Å². The van der Waals surface area contributed by atoms with E-state index >= 15 is 0 Å². The Labute approximate surface area is 199 Å². The molecule has 0 aliphatic heterocycles. The first-order valence-corrected chi connectivity index (χ1v) is 11.4. The molecule has 0 amide bonds. The number of aryl methyl sites for hydroxylation is 1. The summed E-state index contributed by atoms with van der Waals surface area (Å²) in [4.78, 5) is 5.59. The molecular formula is C23H18Cl2N6S. The van der Waals surface area contributed by atoms with Crippen LogP contribution in [0.5, 0.6) is 0 Å². The second kappa shape index (κ2) is 10.0. The molecule has 0 aliphatic rings. The zero-order valence-corrected chi connectivity index (χ0v) is 19.4. The Morgan fingerprint density at radius 2 is 2.00 bits per heavy atom. The maximum absolute atomic E-state index is 9.69. The van der Waals surface area contributed by atoms with Crippen LogP contribution in [0.15, 0.2) is 64.5 Å². The van der Waals surface area contributed by atoms with E-state index < -0.39 is 0 Å². The van der Waals surface area contributed by atoms with Crippen molar-refractivity contribution in [2.24, 2.45) is 12.0 Å². The lowest BCUT2D eigenvalue weighted by Crippen LogP contribution is -1.91. The third-order valence-electron chi connectivity index (χ3n) is 4.73. The molecule has 0 bridgehead atoms. The van der Waals surface area contributed by atoms with E-state index in [1.807, 2.05) is 54.6 Å². The third-order valence-corrected chi connectivity index (χ3v) is 6.43. The monoisotopic (exact) mass is 480 g/mol. The summed E-state index contributed by atoms with van der Waals surface area (Å²) in [6.07, 6.45) is 2.12. The van der Waals surface area contributed by atoms with Crippen molar-refractivity contribution in [3.63, 3.8) is 0 Å². The Hall–Kier alpha value is -3.05. The van der Waals surface area contributed by atoms with Gasteiger partial charge in [-0.1, -0.05) is 53.5 Å². The molecule has 2 heterocycles.